The Bertz CT molecular complexity index is 1210. The van der Waals surface area contributed by atoms with E-state index in [4.69, 9.17) is 11.6 Å². The molecule has 1 aromatic carbocycles. The van der Waals surface area contributed by atoms with Crippen molar-refractivity contribution in [3.63, 3.8) is 0 Å². The molecule has 2 aliphatic rings. The normalized spacial score (nSPS) is 21.8. The van der Waals surface area contributed by atoms with Crippen molar-refractivity contribution in [2.45, 2.75) is 44.3 Å². The maximum Gasteiger partial charge on any atom is 0.290 e. The molecule has 204 valence electrons. The third kappa shape index (κ3) is 6.69. The highest BCUT2D eigenvalue weighted by molar-refractivity contribution is 7.13. The monoisotopic (exact) mass is 559 g/mol. The number of thiazole rings is 1. The van der Waals surface area contributed by atoms with E-state index < -0.39 is 11.9 Å². The molecular weight excluding hydrogens is 526 g/mol. The molecule has 3 amide bonds. The molecule has 12 heteroatoms. The first kappa shape index (κ1) is 28.0. The summed E-state index contributed by atoms with van der Waals surface area (Å²) in [5.41, 5.74) is 1.57. The van der Waals surface area contributed by atoms with Crippen LogP contribution >= 0.6 is 22.9 Å². The van der Waals surface area contributed by atoms with Crippen LogP contribution in [0.15, 0.2) is 29.3 Å². The minimum atomic E-state index is -0.400. The number of hydrogen-bond donors (Lipinski definition) is 3. The SMILES string of the molecule is C/N=C(/N[C@H]1CC[C@H](C(=O)N(C)C)C[C@H]1NC(=O)c1nc2c(s1)CN(C)CC2)C(=O)Nc1ccc(Cl)cc1. The van der Waals surface area contributed by atoms with Gasteiger partial charge in [0.05, 0.1) is 11.7 Å². The number of amidine groups is 1. The Balaban J connectivity index is 1.49. The summed E-state index contributed by atoms with van der Waals surface area (Å²) < 4.78 is 0. The number of likely N-dealkylation sites (N-methyl/N-ethyl adjacent to an activating group) is 1. The van der Waals surface area contributed by atoms with Gasteiger partial charge in [-0.3, -0.25) is 19.4 Å². The molecule has 0 unspecified atom stereocenters. The Labute approximate surface area is 231 Å². The van der Waals surface area contributed by atoms with Gasteiger partial charge in [-0.15, -0.1) is 11.3 Å². The molecule has 0 saturated heterocycles. The predicted molar refractivity (Wildman–Crippen MR) is 150 cm³/mol. The molecule has 2 heterocycles. The summed E-state index contributed by atoms with van der Waals surface area (Å²) in [6.07, 6.45) is 2.49. The fourth-order valence-corrected chi connectivity index (χ4v) is 6.09. The first-order chi connectivity index (χ1) is 18.1. The molecule has 1 aliphatic carbocycles. The Morgan fingerprint density at radius 2 is 1.87 bits per heavy atom. The van der Waals surface area contributed by atoms with Crippen LogP contribution in [0.1, 0.15) is 39.6 Å². The molecule has 0 spiro atoms. The zero-order valence-electron chi connectivity index (χ0n) is 22.1. The van der Waals surface area contributed by atoms with E-state index in [1.807, 2.05) is 0 Å². The Morgan fingerprint density at radius 3 is 2.55 bits per heavy atom. The van der Waals surface area contributed by atoms with Crippen LogP contribution in [0.25, 0.3) is 0 Å². The molecule has 38 heavy (non-hydrogen) atoms. The number of halogens is 1. The van der Waals surface area contributed by atoms with Crippen molar-refractivity contribution in [3.05, 3.63) is 44.9 Å². The fraction of sp³-hybridized carbons (Fsp3) is 0.500. The van der Waals surface area contributed by atoms with Crippen LogP contribution in [0, 0.1) is 5.92 Å². The van der Waals surface area contributed by atoms with E-state index in [0.29, 0.717) is 35.0 Å². The summed E-state index contributed by atoms with van der Waals surface area (Å²) in [4.78, 5) is 52.7. The average Bonchev–Trinajstić information content (AvgIpc) is 3.32. The van der Waals surface area contributed by atoms with Crippen molar-refractivity contribution in [3.8, 4) is 0 Å². The van der Waals surface area contributed by atoms with E-state index >= 15 is 0 Å². The highest BCUT2D eigenvalue weighted by atomic mass is 35.5. The van der Waals surface area contributed by atoms with Crippen molar-refractivity contribution < 1.29 is 14.4 Å². The number of hydrogen-bond acceptors (Lipinski definition) is 7. The lowest BCUT2D eigenvalue weighted by atomic mass is 9.81. The topological polar surface area (TPSA) is 119 Å². The lowest BCUT2D eigenvalue weighted by molar-refractivity contribution is -0.134. The van der Waals surface area contributed by atoms with Crippen LogP contribution in [-0.2, 0) is 22.6 Å². The average molecular weight is 560 g/mol. The number of nitrogens with zero attached hydrogens (tertiary/aromatic N) is 4. The number of aromatic nitrogens is 1. The largest absolute Gasteiger partial charge is 0.361 e. The third-order valence-electron chi connectivity index (χ3n) is 6.94. The molecule has 3 atom stereocenters. The molecule has 10 nitrogen and oxygen atoms in total. The number of anilines is 1. The highest BCUT2D eigenvalue weighted by Gasteiger charge is 2.37. The number of benzene rings is 1. The number of rotatable bonds is 5. The first-order valence-electron chi connectivity index (χ1n) is 12.6. The second kappa shape index (κ2) is 12.2. The van der Waals surface area contributed by atoms with E-state index in [1.54, 1.807) is 43.3 Å². The summed E-state index contributed by atoms with van der Waals surface area (Å²) in [6.45, 7) is 1.70. The quantitative estimate of drug-likeness (QED) is 0.382. The van der Waals surface area contributed by atoms with Crippen LogP contribution in [0.3, 0.4) is 0 Å². The minimum Gasteiger partial charge on any atom is -0.361 e. The molecule has 1 aromatic heterocycles. The van der Waals surface area contributed by atoms with Crippen molar-refractivity contribution in [1.82, 2.24) is 25.4 Å². The van der Waals surface area contributed by atoms with Crippen LogP contribution in [-0.4, -0.2) is 85.2 Å². The van der Waals surface area contributed by atoms with Crippen LogP contribution in [0.2, 0.25) is 5.02 Å². The maximum atomic E-state index is 13.3. The van der Waals surface area contributed by atoms with Gasteiger partial charge >= 0.3 is 0 Å². The molecule has 0 radical (unpaired) electrons. The zero-order chi connectivity index (χ0) is 27.4. The smallest absolute Gasteiger partial charge is 0.290 e. The summed E-state index contributed by atoms with van der Waals surface area (Å²) in [5.74, 6) is -0.712. The number of nitrogens with one attached hydrogen (secondary N) is 3. The van der Waals surface area contributed by atoms with Crippen molar-refractivity contribution in [1.29, 1.82) is 0 Å². The van der Waals surface area contributed by atoms with Crippen molar-refractivity contribution in [2.75, 3.05) is 40.1 Å². The number of amides is 3. The summed E-state index contributed by atoms with van der Waals surface area (Å²) in [5, 5.41) is 10.2. The van der Waals surface area contributed by atoms with Gasteiger partial charge < -0.3 is 25.8 Å². The lowest BCUT2D eigenvalue weighted by Gasteiger charge is -2.37. The molecule has 1 aliphatic heterocycles. The first-order valence-corrected chi connectivity index (χ1v) is 13.8. The Morgan fingerprint density at radius 1 is 1.13 bits per heavy atom. The minimum absolute atomic E-state index is 0.0281. The fourth-order valence-electron chi connectivity index (χ4n) is 4.87. The van der Waals surface area contributed by atoms with E-state index in [0.717, 1.165) is 30.1 Å². The van der Waals surface area contributed by atoms with Gasteiger partial charge in [-0.25, -0.2) is 4.98 Å². The summed E-state index contributed by atoms with van der Waals surface area (Å²) >= 11 is 7.36. The second-order valence-corrected chi connectivity index (χ2v) is 11.5. The van der Waals surface area contributed by atoms with Crippen molar-refractivity contribution >= 4 is 52.2 Å². The van der Waals surface area contributed by atoms with Crippen LogP contribution < -0.4 is 16.0 Å². The van der Waals surface area contributed by atoms with Gasteiger partial charge in [-0.05, 0) is 50.6 Å². The van der Waals surface area contributed by atoms with Gasteiger partial charge in [0.2, 0.25) is 5.91 Å². The summed E-state index contributed by atoms with van der Waals surface area (Å²) in [6, 6.07) is 6.11. The van der Waals surface area contributed by atoms with Crippen LogP contribution in [0.5, 0.6) is 0 Å². The third-order valence-corrected chi connectivity index (χ3v) is 8.27. The van der Waals surface area contributed by atoms with Gasteiger partial charge in [-0.2, -0.15) is 0 Å². The Kier molecular flexibility index (Phi) is 9.01. The van der Waals surface area contributed by atoms with Gasteiger partial charge in [0.25, 0.3) is 11.8 Å². The van der Waals surface area contributed by atoms with E-state index in [-0.39, 0.29) is 29.6 Å². The highest BCUT2D eigenvalue weighted by Crippen LogP contribution is 2.28. The van der Waals surface area contributed by atoms with Gasteiger partial charge in [0.1, 0.15) is 0 Å². The second-order valence-electron chi connectivity index (χ2n) is 9.98. The molecule has 0 bridgehead atoms. The molecule has 4 rings (SSSR count). The molecular formula is C26H34ClN7O3S. The number of carbonyl (C=O) groups excluding carboxylic acids is 3. The van der Waals surface area contributed by atoms with Gasteiger partial charge in [0.15, 0.2) is 10.8 Å². The van der Waals surface area contributed by atoms with Crippen molar-refractivity contribution in [2.24, 2.45) is 10.9 Å². The maximum absolute atomic E-state index is 13.3. The zero-order valence-corrected chi connectivity index (χ0v) is 23.7. The predicted octanol–water partition coefficient (Wildman–Crippen LogP) is 2.40. The number of carbonyl (C=O) groups is 3. The summed E-state index contributed by atoms with van der Waals surface area (Å²) in [7, 11) is 7.06. The Hall–Kier alpha value is -3.02. The molecule has 2 aromatic rings. The lowest BCUT2D eigenvalue weighted by Crippen LogP contribution is -2.57. The number of fused-ring (bicyclic) bond motifs is 1. The van der Waals surface area contributed by atoms with E-state index in [2.05, 4.69) is 37.9 Å². The molecule has 1 fully saturated rings. The molecule has 1 saturated carbocycles. The van der Waals surface area contributed by atoms with Gasteiger partial charge in [-0.1, -0.05) is 11.6 Å². The number of aliphatic imine (C=N–C) groups is 1. The van der Waals surface area contributed by atoms with E-state index in [9.17, 15) is 14.4 Å². The van der Waals surface area contributed by atoms with Crippen LogP contribution in [0.4, 0.5) is 5.69 Å². The molecule has 3 N–H and O–H groups in total. The standard InChI is InChI=1S/C26H34ClN7O3S/c1-28-22(23(35)29-17-8-6-16(27)7-9-17)30-18-10-5-15(26(37)33(2)3)13-20(18)31-24(36)25-32-19-11-12-34(4)14-21(19)38-25/h6-9,15,18,20H,5,10-14H2,1-4H3,(H,28,30)(H,29,35)(H,31,36)/t15-,18-,20+/m0/s1. The van der Waals surface area contributed by atoms with E-state index in [1.165, 1.54) is 18.4 Å². The van der Waals surface area contributed by atoms with Gasteiger partial charge in [0, 0.05) is 68.2 Å².